The first-order valence-electron chi connectivity index (χ1n) is 13.3. The second-order valence-corrected chi connectivity index (χ2v) is 10.4. The van der Waals surface area contributed by atoms with Gasteiger partial charge in [0.2, 0.25) is 5.91 Å². The number of carbonyl (C=O) groups is 2. The van der Waals surface area contributed by atoms with Gasteiger partial charge in [-0.1, -0.05) is 91.5 Å². The predicted molar refractivity (Wildman–Crippen MR) is 152 cm³/mol. The van der Waals surface area contributed by atoms with Crippen molar-refractivity contribution in [2.45, 2.75) is 50.7 Å². The molecule has 1 fully saturated rings. The van der Waals surface area contributed by atoms with E-state index in [1.165, 1.54) is 17.0 Å². The highest BCUT2D eigenvalue weighted by Crippen LogP contribution is 2.30. The highest BCUT2D eigenvalue weighted by molar-refractivity contribution is 6.31. The molecule has 0 bridgehead atoms. The summed E-state index contributed by atoms with van der Waals surface area (Å²) in [6, 6.07) is 25.4. The Labute approximate surface area is 233 Å². The monoisotopic (exact) mass is 543 g/mol. The van der Waals surface area contributed by atoms with E-state index in [1.54, 1.807) is 24.3 Å². The maximum atomic E-state index is 14.2. The van der Waals surface area contributed by atoms with Crippen molar-refractivity contribution in [3.8, 4) is 11.3 Å². The Kier molecular flexibility index (Phi) is 8.42. The van der Waals surface area contributed by atoms with Gasteiger partial charge in [0.05, 0.1) is 0 Å². The molecule has 200 valence electrons. The van der Waals surface area contributed by atoms with Crippen molar-refractivity contribution in [3.05, 3.63) is 119 Å². The van der Waals surface area contributed by atoms with Crippen LogP contribution in [0.2, 0.25) is 5.02 Å². The van der Waals surface area contributed by atoms with Gasteiger partial charge in [0.1, 0.15) is 17.6 Å². The van der Waals surface area contributed by atoms with Gasteiger partial charge in [0, 0.05) is 23.3 Å². The molecule has 0 saturated heterocycles. The highest BCUT2D eigenvalue weighted by atomic mass is 35.5. The molecule has 1 unspecified atom stereocenters. The van der Waals surface area contributed by atoms with Gasteiger partial charge in [-0.3, -0.25) is 9.59 Å². The van der Waals surface area contributed by atoms with Crippen LogP contribution in [0.5, 0.6) is 0 Å². The summed E-state index contributed by atoms with van der Waals surface area (Å²) in [4.78, 5) is 32.9. The molecule has 0 aliphatic heterocycles. The summed E-state index contributed by atoms with van der Waals surface area (Å²) in [6.07, 6.45) is 5.06. The Morgan fingerprint density at radius 2 is 1.59 bits per heavy atom. The number of nitrogens with one attached hydrogen (secondary N) is 2. The standard InChI is InChI=1S/C32H31ClFN3O2/c33-27-14-8-7-11-24(27)21-37(32(39)29-20-19-28(36-29)22-9-3-1-4-10-22)30(23-15-17-25(34)18-16-23)31(38)35-26-12-5-2-6-13-26/h1,3-4,7-11,14-20,26,30,36H,2,5-6,12-13,21H2,(H,35,38). The third kappa shape index (κ3) is 6.40. The van der Waals surface area contributed by atoms with E-state index >= 15 is 0 Å². The van der Waals surface area contributed by atoms with Crippen LogP contribution in [-0.4, -0.2) is 27.7 Å². The molecule has 0 spiro atoms. The van der Waals surface area contributed by atoms with Crippen molar-refractivity contribution in [2.24, 2.45) is 0 Å². The van der Waals surface area contributed by atoms with Crippen molar-refractivity contribution < 1.29 is 14.0 Å². The molecule has 1 heterocycles. The highest BCUT2D eigenvalue weighted by Gasteiger charge is 2.34. The molecule has 1 aromatic heterocycles. The molecular formula is C32H31ClFN3O2. The molecule has 5 nitrogen and oxygen atoms in total. The average molecular weight is 544 g/mol. The Morgan fingerprint density at radius 3 is 2.31 bits per heavy atom. The van der Waals surface area contributed by atoms with E-state index in [4.69, 9.17) is 11.6 Å². The van der Waals surface area contributed by atoms with Crippen molar-refractivity contribution in [2.75, 3.05) is 0 Å². The molecule has 1 atom stereocenters. The van der Waals surface area contributed by atoms with Gasteiger partial charge in [-0.05, 0) is 59.9 Å². The van der Waals surface area contributed by atoms with Crippen LogP contribution >= 0.6 is 11.6 Å². The molecule has 0 radical (unpaired) electrons. The molecule has 7 heteroatoms. The molecule has 3 aromatic carbocycles. The van der Waals surface area contributed by atoms with E-state index in [9.17, 15) is 14.0 Å². The second kappa shape index (κ2) is 12.3. The van der Waals surface area contributed by atoms with Gasteiger partial charge in [-0.15, -0.1) is 0 Å². The molecule has 1 saturated carbocycles. The minimum absolute atomic E-state index is 0.0432. The topological polar surface area (TPSA) is 65.2 Å². The summed E-state index contributed by atoms with van der Waals surface area (Å²) >= 11 is 6.51. The Hall–Kier alpha value is -3.90. The fraction of sp³-hybridized carbons (Fsp3) is 0.250. The first kappa shape index (κ1) is 26.7. The molecule has 1 aliphatic carbocycles. The normalized spacial score (nSPS) is 14.5. The molecule has 4 aromatic rings. The second-order valence-electron chi connectivity index (χ2n) is 9.97. The Balaban J connectivity index is 1.54. The van der Waals surface area contributed by atoms with Crippen LogP contribution in [0.25, 0.3) is 11.3 Å². The fourth-order valence-corrected chi connectivity index (χ4v) is 5.39. The zero-order valence-corrected chi connectivity index (χ0v) is 22.3. The smallest absolute Gasteiger partial charge is 0.271 e. The van der Waals surface area contributed by atoms with Crippen molar-refractivity contribution >= 4 is 23.4 Å². The van der Waals surface area contributed by atoms with Crippen molar-refractivity contribution in [3.63, 3.8) is 0 Å². The van der Waals surface area contributed by atoms with Crippen molar-refractivity contribution in [1.82, 2.24) is 15.2 Å². The number of hydrogen-bond donors (Lipinski definition) is 2. The fourth-order valence-electron chi connectivity index (χ4n) is 5.20. The lowest BCUT2D eigenvalue weighted by Gasteiger charge is -2.33. The van der Waals surface area contributed by atoms with Crippen LogP contribution in [0, 0.1) is 5.82 Å². The molecule has 2 amide bonds. The number of H-pyrrole nitrogens is 1. The SMILES string of the molecule is O=C(NC1CCCCC1)C(c1ccc(F)cc1)N(Cc1ccccc1Cl)C(=O)c1ccc(-c2ccccc2)[nH]1. The van der Waals surface area contributed by atoms with Crippen LogP contribution in [0.3, 0.4) is 0 Å². The van der Waals surface area contributed by atoms with Crippen LogP contribution in [-0.2, 0) is 11.3 Å². The largest absolute Gasteiger partial charge is 0.351 e. The summed E-state index contributed by atoms with van der Waals surface area (Å²) in [5, 5.41) is 3.68. The van der Waals surface area contributed by atoms with Crippen LogP contribution < -0.4 is 5.32 Å². The summed E-state index contributed by atoms with van der Waals surface area (Å²) in [5.41, 5.74) is 3.32. The maximum absolute atomic E-state index is 14.2. The number of rotatable bonds is 8. The molecule has 39 heavy (non-hydrogen) atoms. The first-order chi connectivity index (χ1) is 19.0. The average Bonchev–Trinajstić information content (AvgIpc) is 3.46. The van der Waals surface area contributed by atoms with Gasteiger partial charge in [0.25, 0.3) is 5.91 Å². The number of aromatic nitrogens is 1. The lowest BCUT2D eigenvalue weighted by atomic mass is 9.94. The van der Waals surface area contributed by atoms with Gasteiger partial charge in [0.15, 0.2) is 0 Å². The van der Waals surface area contributed by atoms with Gasteiger partial charge in [-0.2, -0.15) is 0 Å². The molecule has 1 aliphatic rings. The minimum atomic E-state index is -0.986. The van der Waals surface area contributed by atoms with E-state index in [0.29, 0.717) is 21.8 Å². The molecule has 2 N–H and O–H groups in total. The quantitative estimate of drug-likeness (QED) is 0.245. The Morgan fingerprint density at radius 1 is 0.897 bits per heavy atom. The first-order valence-corrected chi connectivity index (χ1v) is 13.7. The Bertz CT molecular complexity index is 1410. The van der Waals surface area contributed by atoms with E-state index in [1.807, 2.05) is 54.6 Å². The maximum Gasteiger partial charge on any atom is 0.271 e. The summed E-state index contributed by atoms with van der Waals surface area (Å²) < 4.78 is 13.9. The number of halogens is 2. The number of aromatic amines is 1. The lowest BCUT2D eigenvalue weighted by Crippen LogP contribution is -2.47. The van der Waals surface area contributed by atoms with Crippen molar-refractivity contribution in [1.29, 1.82) is 0 Å². The minimum Gasteiger partial charge on any atom is -0.351 e. The van der Waals surface area contributed by atoms with Crippen LogP contribution in [0.1, 0.15) is 59.8 Å². The van der Waals surface area contributed by atoms with Gasteiger partial charge in [-0.25, -0.2) is 4.39 Å². The van der Waals surface area contributed by atoms with E-state index in [0.717, 1.165) is 43.4 Å². The summed E-state index contributed by atoms with van der Waals surface area (Å²) in [5.74, 6) is -1.06. The molecular weight excluding hydrogens is 513 g/mol. The van der Waals surface area contributed by atoms with Crippen LogP contribution in [0.15, 0.2) is 91.0 Å². The van der Waals surface area contributed by atoms with E-state index in [-0.39, 0.29) is 24.4 Å². The number of hydrogen-bond acceptors (Lipinski definition) is 2. The molecule has 5 rings (SSSR count). The van der Waals surface area contributed by atoms with E-state index in [2.05, 4.69) is 10.3 Å². The summed E-state index contributed by atoms with van der Waals surface area (Å²) in [7, 11) is 0. The predicted octanol–water partition coefficient (Wildman–Crippen LogP) is 7.31. The number of benzene rings is 3. The van der Waals surface area contributed by atoms with Gasteiger partial charge < -0.3 is 15.2 Å². The third-order valence-corrected chi connectivity index (χ3v) is 7.63. The number of amides is 2. The zero-order valence-electron chi connectivity index (χ0n) is 21.6. The number of nitrogens with zero attached hydrogens (tertiary/aromatic N) is 1. The van der Waals surface area contributed by atoms with E-state index < -0.39 is 11.9 Å². The third-order valence-electron chi connectivity index (χ3n) is 7.26. The summed E-state index contributed by atoms with van der Waals surface area (Å²) in [6.45, 7) is 0.0956. The van der Waals surface area contributed by atoms with Crippen LogP contribution in [0.4, 0.5) is 4.39 Å². The lowest BCUT2D eigenvalue weighted by molar-refractivity contribution is -0.127. The zero-order chi connectivity index (χ0) is 27.2. The van der Waals surface area contributed by atoms with Gasteiger partial charge >= 0.3 is 0 Å². The number of carbonyl (C=O) groups excluding carboxylic acids is 2.